The van der Waals surface area contributed by atoms with E-state index < -0.39 is 0 Å². The summed E-state index contributed by atoms with van der Waals surface area (Å²) in [4.78, 5) is 4.29. The number of hydrogen-bond acceptors (Lipinski definition) is 3. The van der Waals surface area contributed by atoms with Gasteiger partial charge in [-0.05, 0) is 13.0 Å². The molecular formula is C10H19N3O. The zero-order valence-electron chi connectivity index (χ0n) is 8.99. The largest absolute Gasteiger partial charge is 0.385 e. The molecule has 1 rings (SSSR count). The van der Waals surface area contributed by atoms with Gasteiger partial charge < -0.3 is 14.6 Å². The Morgan fingerprint density at radius 3 is 3.14 bits per heavy atom. The molecule has 0 unspecified atom stereocenters. The van der Waals surface area contributed by atoms with E-state index >= 15 is 0 Å². The normalized spacial score (nSPS) is 10.7. The molecule has 0 aromatic carbocycles. The van der Waals surface area contributed by atoms with E-state index in [1.165, 1.54) is 0 Å². The Labute approximate surface area is 85.3 Å². The molecule has 1 aromatic heterocycles. The molecule has 0 bridgehead atoms. The van der Waals surface area contributed by atoms with Gasteiger partial charge in [0.15, 0.2) is 0 Å². The highest BCUT2D eigenvalue weighted by Crippen LogP contribution is 1.99. The van der Waals surface area contributed by atoms with Crippen molar-refractivity contribution >= 4 is 0 Å². The van der Waals surface area contributed by atoms with Crippen LogP contribution < -0.4 is 5.32 Å². The first-order chi connectivity index (χ1) is 6.88. The van der Waals surface area contributed by atoms with Gasteiger partial charge in [-0.3, -0.25) is 0 Å². The molecule has 1 N–H and O–H groups in total. The average molecular weight is 197 g/mol. The molecule has 0 saturated carbocycles. The number of nitrogens with one attached hydrogen (secondary N) is 1. The highest BCUT2D eigenvalue weighted by molar-refractivity contribution is 4.91. The first-order valence-corrected chi connectivity index (χ1v) is 5.08. The molecule has 80 valence electrons. The lowest BCUT2D eigenvalue weighted by Gasteiger charge is -2.07. The van der Waals surface area contributed by atoms with Gasteiger partial charge in [-0.25, -0.2) is 4.98 Å². The van der Waals surface area contributed by atoms with E-state index in [-0.39, 0.29) is 0 Å². The molecule has 1 heterocycles. The predicted octanol–water partition coefficient (Wildman–Crippen LogP) is 1.03. The van der Waals surface area contributed by atoms with E-state index in [4.69, 9.17) is 4.74 Å². The van der Waals surface area contributed by atoms with Crippen LogP contribution in [-0.4, -0.2) is 29.8 Å². The molecule has 0 fully saturated rings. The summed E-state index contributed by atoms with van der Waals surface area (Å²) in [6, 6.07) is 0. The topological polar surface area (TPSA) is 39.1 Å². The maximum atomic E-state index is 5.01. The van der Waals surface area contributed by atoms with Gasteiger partial charge in [-0.2, -0.15) is 0 Å². The zero-order chi connectivity index (χ0) is 10.2. The second kappa shape index (κ2) is 6.56. The van der Waals surface area contributed by atoms with Gasteiger partial charge in [0.25, 0.3) is 0 Å². The van der Waals surface area contributed by atoms with Crippen molar-refractivity contribution in [1.29, 1.82) is 0 Å². The Bertz CT molecular complexity index is 247. The smallest absolute Gasteiger partial charge is 0.122 e. The number of aryl methyl sites for hydroxylation is 1. The Morgan fingerprint density at radius 2 is 2.43 bits per heavy atom. The molecule has 4 nitrogen and oxygen atoms in total. The van der Waals surface area contributed by atoms with Crippen molar-refractivity contribution in [3.05, 3.63) is 18.2 Å². The number of methoxy groups -OCH3 is 1. The van der Waals surface area contributed by atoms with Crippen molar-refractivity contribution < 1.29 is 4.74 Å². The van der Waals surface area contributed by atoms with Crippen LogP contribution in [0, 0.1) is 0 Å². The molecule has 0 radical (unpaired) electrons. The molecule has 0 amide bonds. The van der Waals surface area contributed by atoms with Crippen LogP contribution in [-0.2, 0) is 17.8 Å². The fourth-order valence-corrected chi connectivity index (χ4v) is 1.33. The monoisotopic (exact) mass is 197 g/mol. The van der Waals surface area contributed by atoms with E-state index in [0.29, 0.717) is 0 Å². The first-order valence-electron chi connectivity index (χ1n) is 5.08. The van der Waals surface area contributed by atoms with Gasteiger partial charge in [0.1, 0.15) is 5.82 Å². The minimum atomic E-state index is 0.804. The molecular weight excluding hydrogens is 178 g/mol. The van der Waals surface area contributed by atoms with Crippen molar-refractivity contribution in [1.82, 2.24) is 14.9 Å². The molecule has 4 heteroatoms. The standard InChI is InChI=1S/C10H19N3O/c1-3-11-9-10-12-5-7-13(10)6-4-8-14-2/h5,7,11H,3-4,6,8-9H2,1-2H3. The van der Waals surface area contributed by atoms with Gasteiger partial charge in [-0.1, -0.05) is 6.92 Å². The molecule has 0 atom stereocenters. The Morgan fingerprint density at radius 1 is 1.57 bits per heavy atom. The molecule has 0 spiro atoms. The summed E-state index contributed by atoms with van der Waals surface area (Å²) in [6.45, 7) is 5.70. The minimum Gasteiger partial charge on any atom is -0.385 e. The third-order valence-electron chi connectivity index (χ3n) is 2.08. The quantitative estimate of drug-likeness (QED) is 0.664. The second-order valence-corrected chi connectivity index (χ2v) is 3.16. The fraction of sp³-hybridized carbons (Fsp3) is 0.700. The summed E-state index contributed by atoms with van der Waals surface area (Å²) in [6.07, 6.45) is 4.90. The lowest BCUT2D eigenvalue weighted by molar-refractivity contribution is 0.190. The number of hydrogen-bond donors (Lipinski definition) is 1. The summed E-state index contributed by atoms with van der Waals surface area (Å²) < 4.78 is 7.18. The number of imidazole rings is 1. The van der Waals surface area contributed by atoms with Gasteiger partial charge in [-0.15, -0.1) is 0 Å². The molecule has 1 aromatic rings. The van der Waals surface area contributed by atoms with Crippen LogP contribution in [0.15, 0.2) is 12.4 Å². The summed E-state index contributed by atoms with van der Waals surface area (Å²) in [5, 5.41) is 3.27. The van der Waals surface area contributed by atoms with E-state index in [2.05, 4.69) is 21.8 Å². The number of nitrogens with zero attached hydrogens (tertiary/aromatic N) is 2. The van der Waals surface area contributed by atoms with Crippen LogP contribution >= 0.6 is 0 Å². The van der Waals surface area contributed by atoms with Crippen LogP contribution in [0.1, 0.15) is 19.2 Å². The number of rotatable bonds is 7. The van der Waals surface area contributed by atoms with E-state index in [9.17, 15) is 0 Å². The highest BCUT2D eigenvalue weighted by Gasteiger charge is 2.00. The van der Waals surface area contributed by atoms with Crippen LogP contribution in [0.25, 0.3) is 0 Å². The second-order valence-electron chi connectivity index (χ2n) is 3.16. The van der Waals surface area contributed by atoms with Gasteiger partial charge in [0.05, 0.1) is 6.54 Å². The lowest BCUT2D eigenvalue weighted by Crippen LogP contribution is -2.16. The molecule has 0 aliphatic heterocycles. The lowest BCUT2D eigenvalue weighted by atomic mass is 10.4. The summed E-state index contributed by atoms with van der Waals surface area (Å²) in [5.74, 6) is 1.10. The maximum absolute atomic E-state index is 5.01. The zero-order valence-corrected chi connectivity index (χ0v) is 8.99. The highest BCUT2D eigenvalue weighted by atomic mass is 16.5. The van der Waals surface area contributed by atoms with Crippen LogP contribution in [0.5, 0.6) is 0 Å². The third kappa shape index (κ3) is 3.47. The SMILES string of the molecule is CCNCc1nccn1CCCOC. The molecule has 0 saturated heterocycles. The van der Waals surface area contributed by atoms with Crippen LogP contribution in [0.4, 0.5) is 0 Å². The van der Waals surface area contributed by atoms with Crippen molar-refractivity contribution in [3.8, 4) is 0 Å². The summed E-state index contributed by atoms with van der Waals surface area (Å²) in [5.41, 5.74) is 0. The Hall–Kier alpha value is -0.870. The van der Waals surface area contributed by atoms with Crippen LogP contribution in [0.3, 0.4) is 0 Å². The average Bonchev–Trinajstić information content (AvgIpc) is 2.63. The van der Waals surface area contributed by atoms with E-state index in [1.807, 2.05) is 12.4 Å². The van der Waals surface area contributed by atoms with Crippen molar-refractivity contribution in [2.75, 3.05) is 20.3 Å². The van der Waals surface area contributed by atoms with Gasteiger partial charge in [0.2, 0.25) is 0 Å². The minimum absolute atomic E-state index is 0.804. The van der Waals surface area contributed by atoms with Crippen molar-refractivity contribution in [3.63, 3.8) is 0 Å². The first kappa shape index (κ1) is 11.2. The van der Waals surface area contributed by atoms with Gasteiger partial charge >= 0.3 is 0 Å². The van der Waals surface area contributed by atoms with Crippen molar-refractivity contribution in [2.45, 2.75) is 26.4 Å². The van der Waals surface area contributed by atoms with E-state index in [1.54, 1.807) is 7.11 Å². The van der Waals surface area contributed by atoms with E-state index in [0.717, 1.165) is 38.5 Å². The molecule has 14 heavy (non-hydrogen) atoms. The molecule has 0 aliphatic carbocycles. The summed E-state index contributed by atoms with van der Waals surface area (Å²) >= 11 is 0. The fourth-order valence-electron chi connectivity index (χ4n) is 1.33. The number of ether oxygens (including phenoxy) is 1. The summed E-state index contributed by atoms with van der Waals surface area (Å²) in [7, 11) is 1.73. The molecule has 0 aliphatic rings. The maximum Gasteiger partial charge on any atom is 0.122 e. The Balaban J connectivity index is 2.37. The van der Waals surface area contributed by atoms with Gasteiger partial charge in [0, 0.05) is 32.7 Å². The number of aromatic nitrogens is 2. The Kier molecular flexibility index (Phi) is 5.25. The predicted molar refractivity (Wildman–Crippen MR) is 56.1 cm³/mol. The third-order valence-corrected chi connectivity index (χ3v) is 2.08. The van der Waals surface area contributed by atoms with Crippen LogP contribution in [0.2, 0.25) is 0 Å². The van der Waals surface area contributed by atoms with Crippen molar-refractivity contribution in [2.24, 2.45) is 0 Å².